The fraction of sp³-hybridized carbons (Fsp3) is 0.556. The van der Waals surface area contributed by atoms with Crippen LogP contribution in [-0.4, -0.2) is 35.7 Å². The largest absolute Gasteiger partial charge is 0.480 e. The molecule has 3 rings (SSSR count). The highest BCUT2D eigenvalue weighted by Crippen LogP contribution is 2.24. The molecule has 0 unspecified atom stereocenters. The minimum absolute atomic E-state index is 0.225. The molecular weight excluding hydrogens is 294 g/mol. The van der Waals surface area contributed by atoms with Crippen molar-refractivity contribution in [3.63, 3.8) is 0 Å². The van der Waals surface area contributed by atoms with Gasteiger partial charge in [-0.2, -0.15) is 0 Å². The van der Waals surface area contributed by atoms with Crippen molar-refractivity contribution in [3.05, 3.63) is 34.9 Å². The van der Waals surface area contributed by atoms with Crippen LogP contribution in [0.4, 0.5) is 0 Å². The monoisotopic (exact) mass is 317 g/mol. The smallest absolute Gasteiger partial charge is 0.329 e. The van der Waals surface area contributed by atoms with Gasteiger partial charge in [0, 0.05) is 26.1 Å². The van der Waals surface area contributed by atoms with Gasteiger partial charge >= 0.3 is 5.97 Å². The molecule has 0 atom stereocenters. The van der Waals surface area contributed by atoms with Gasteiger partial charge in [0.15, 0.2) is 0 Å². The molecule has 2 aliphatic rings. The van der Waals surface area contributed by atoms with Gasteiger partial charge in [-0.05, 0) is 42.4 Å². The van der Waals surface area contributed by atoms with Gasteiger partial charge in [-0.1, -0.05) is 18.2 Å². The third kappa shape index (κ3) is 3.55. The Morgan fingerprint density at radius 1 is 1.13 bits per heavy atom. The van der Waals surface area contributed by atoms with Gasteiger partial charge in [0.05, 0.1) is 6.42 Å². The van der Waals surface area contributed by atoms with Crippen LogP contribution in [0.3, 0.4) is 0 Å². The molecule has 0 spiro atoms. The number of carboxylic acids is 1. The fourth-order valence-electron chi connectivity index (χ4n) is 3.51. The molecule has 1 amide bonds. The predicted octanol–water partition coefficient (Wildman–Crippen LogP) is 1.86. The van der Waals surface area contributed by atoms with E-state index in [9.17, 15) is 14.7 Å². The average Bonchev–Trinajstić information content (AvgIpc) is 2.55. The molecule has 0 bridgehead atoms. The van der Waals surface area contributed by atoms with Crippen molar-refractivity contribution in [1.29, 1.82) is 0 Å². The molecular formula is C18H23NO4. The summed E-state index contributed by atoms with van der Waals surface area (Å²) in [7, 11) is 0. The Kier molecular flexibility index (Phi) is 4.66. The molecule has 1 aromatic carbocycles. The predicted molar refractivity (Wildman–Crippen MR) is 85.4 cm³/mol. The van der Waals surface area contributed by atoms with Gasteiger partial charge in [0.1, 0.15) is 5.54 Å². The number of hydrogen-bond donors (Lipinski definition) is 2. The van der Waals surface area contributed by atoms with Crippen LogP contribution in [0.25, 0.3) is 0 Å². The summed E-state index contributed by atoms with van der Waals surface area (Å²) in [5, 5.41) is 12.2. The number of benzene rings is 1. The molecule has 124 valence electrons. The Morgan fingerprint density at radius 3 is 2.52 bits per heavy atom. The van der Waals surface area contributed by atoms with Crippen LogP contribution in [-0.2, 0) is 33.6 Å². The van der Waals surface area contributed by atoms with Crippen molar-refractivity contribution in [2.24, 2.45) is 0 Å². The van der Waals surface area contributed by atoms with Crippen LogP contribution in [0.1, 0.15) is 42.4 Å². The zero-order valence-corrected chi connectivity index (χ0v) is 13.3. The third-order valence-electron chi connectivity index (χ3n) is 4.91. The maximum absolute atomic E-state index is 12.3. The van der Waals surface area contributed by atoms with E-state index in [4.69, 9.17) is 4.74 Å². The van der Waals surface area contributed by atoms with E-state index >= 15 is 0 Å². The minimum atomic E-state index is -1.18. The molecule has 5 nitrogen and oxygen atoms in total. The van der Waals surface area contributed by atoms with E-state index in [1.807, 2.05) is 6.07 Å². The number of carbonyl (C=O) groups is 2. The number of fused-ring (bicyclic) bond motifs is 1. The first-order valence-corrected chi connectivity index (χ1v) is 8.32. The van der Waals surface area contributed by atoms with E-state index in [-0.39, 0.29) is 12.3 Å². The van der Waals surface area contributed by atoms with Crippen molar-refractivity contribution < 1.29 is 19.4 Å². The molecule has 1 heterocycles. The second kappa shape index (κ2) is 6.71. The first-order valence-electron chi connectivity index (χ1n) is 8.32. The zero-order valence-electron chi connectivity index (χ0n) is 13.3. The summed E-state index contributed by atoms with van der Waals surface area (Å²) >= 11 is 0. The van der Waals surface area contributed by atoms with Gasteiger partial charge < -0.3 is 15.2 Å². The molecule has 5 heteroatoms. The standard InChI is InChI=1S/C18H23NO4/c20-16(19-18(17(21)22)7-9-23-10-8-18)12-13-5-6-14-3-1-2-4-15(14)11-13/h5-6,11H,1-4,7-10,12H2,(H,19,20)(H,21,22). The maximum Gasteiger partial charge on any atom is 0.329 e. The van der Waals surface area contributed by atoms with Crippen LogP contribution in [0.5, 0.6) is 0 Å². The Balaban J connectivity index is 1.67. The number of carboxylic acid groups (broad SMARTS) is 1. The van der Waals surface area contributed by atoms with Crippen molar-refractivity contribution in [3.8, 4) is 0 Å². The molecule has 23 heavy (non-hydrogen) atoms. The Labute approximate surface area is 136 Å². The number of carbonyl (C=O) groups excluding carboxylic acids is 1. The summed E-state index contributed by atoms with van der Waals surface area (Å²) in [5.74, 6) is -1.20. The van der Waals surface area contributed by atoms with E-state index in [0.717, 1.165) is 18.4 Å². The lowest BCUT2D eigenvalue weighted by molar-refractivity contribution is -0.152. The highest BCUT2D eigenvalue weighted by Gasteiger charge is 2.41. The van der Waals surface area contributed by atoms with Gasteiger partial charge in [0.25, 0.3) is 0 Å². The molecule has 0 aromatic heterocycles. The van der Waals surface area contributed by atoms with Crippen LogP contribution in [0.15, 0.2) is 18.2 Å². The second-order valence-corrected chi connectivity index (χ2v) is 6.53. The summed E-state index contributed by atoms with van der Waals surface area (Å²) in [6, 6.07) is 6.20. The van der Waals surface area contributed by atoms with Crippen LogP contribution in [0, 0.1) is 0 Å². The maximum atomic E-state index is 12.3. The van der Waals surface area contributed by atoms with Crippen molar-refractivity contribution >= 4 is 11.9 Å². The van der Waals surface area contributed by atoms with E-state index in [1.165, 1.54) is 24.0 Å². The van der Waals surface area contributed by atoms with Gasteiger partial charge in [0.2, 0.25) is 5.91 Å². The lowest BCUT2D eigenvalue weighted by atomic mass is 9.88. The van der Waals surface area contributed by atoms with Gasteiger partial charge in [-0.15, -0.1) is 0 Å². The van der Waals surface area contributed by atoms with E-state index < -0.39 is 11.5 Å². The molecule has 1 fully saturated rings. The number of hydrogen-bond acceptors (Lipinski definition) is 3. The van der Waals surface area contributed by atoms with Crippen LogP contribution >= 0.6 is 0 Å². The van der Waals surface area contributed by atoms with Crippen LogP contribution < -0.4 is 5.32 Å². The summed E-state index contributed by atoms with van der Waals surface area (Å²) in [6.07, 6.45) is 5.48. The first-order chi connectivity index (χ1) is 11.1. The first kappa shape index (κ1) is 16.0. The minimum Gasteiger partial charge on any atom is -0.480 e. The van der Waals surface area contributed by atoms with E-state index in [1.54, 1.807) is 0 Å². The molecule has 1 aromatic rings. The molecule has 1 aliphatic carbocycles. The Hall–Kier alpha value is -1.88. The zero-order chi connectivity index (χ0) is 16.3. The number of ether oxygens (including phenoxy) is 1. The molecule has 1 aliphatic heterocycles. The summed E-state index contributed by atoms with van der Waals surface area (Å²) in [5.41, 5.74) is 2.49. The average molecular weight is 317 g/mol. The van der Waals surface area contributed by atoms with Crippen molar-refractivity contribution in [1.82, 2.24) is 5.32 Å². The lowest BCUT2D eigenvalue weighted by Crippen LogP contribution is -2.57. The number of nitrogens with one attached hydrogen (secondary N) is 1. The molecule has 2 N–H and O–H groups in total. The normalized spacial score (nSPS) is 19.7. The second-order valence-electron chi connectivity index (χ2n) is 6.53. The summed E-state index contributed by atoms with van der Waals surface area (Å²) in [6.45, 7) is 0.733. The van der Waals surface area contributed by atoms with Gasteiger partial charge in [-0.3, -0.25) is 4.79 Å². The third-order valence-corrected chi connectivity index (χ3v) is 4.91. The number of rotatable bonds is 4. The van der Waals surface area contributed by atoms with E-state index in [2.05, 4.69) is 17.4 Å². The topological polar surface area (TPSA) is 75.6 Å². The Bertz CT molecular complexity index is 605. The SMILES string of the molecule is O=C(Cc1ccc2c(c1)CCCC2)NC1(C(=O)O)CCOCC1. The fourth-order valence-corrected chi connectivity index (χ4v) is 3.51. The number of amides is 1. The number of aryl methyl sites for hydroxylation is 2. The summed E-state index contributed by atoms with van der Waals surface area (Å²) in [4.78, 5) is 23.9. The quantitative estimate of drug-likeness (QED) is 0.889. The summed E-state index contributed by atoms with van der Waals surface area (Å²) < 4.78 is 5.22. The molecule has 0 saturated carbocycles. The van der Waals surface area contributed by atoms with Gasteiger partial charge in [-0.25, -0.2) is 4.79 Å². The van der Waals surface area contributed by atoms with Crippen LogP contribution in [0.2, 0.25) is 0 Å². The Morgan fingerprint density at radius 2 is 1.83 bits per heavy atom. The molecule has 1 saturated heterocycles. The number of aliphatic carboxylic acids is 1. The van der Waals surface area contributed by atoms with E-state index in [0.29, 0.717) is 26.1 Å². The highest BCUT2D eigenvalue weighted by atomic mass is 16.5. The van der Waals surface area contributed by atoms with Crippen molar-refractivity contribution in [2.75, 3.05) is 13.2 Å². The van der Waals surface area contributed by atoms with Crippen molar-refractivity contribution in [2.45, 2.75) is 50.5 Å². The highest BCUT2D eigenvalue weighted by molar-refractivity contribution is 5.88. The molecule has 0 radical (unpaired) electrons. The lowest BCUT2D eigenvalue weighted by Gasteiger charge is -2.33.